The maximum absolute atomic E-state index is 5.17. The van der Waals surface area contributed by atoms with Gasteiger partial charge in [-0.25, -0.2) is 0 Å². The van der Waals surface area contributed by atoms with Gasteiger partial charge < -0.3 is 9.72 Å². The normalized spacial score (nSPS) is 10.5. The lowest BCUT2D eigenvalue weighted by molar-refractivity contribution is 0.418. The minimum atomic E-state index is 0.836. The van der Waals surface area contributed by atoms with Crippen molar-refractivity contribution in [2.75, 3.05) is 7.11 Å². The minimum Gasteiger partial charge on any atom is -0.494 e. The van der Waals surface area contributed by atoms with Gasteiger partial charge >= 0.3 is 0 Å². The molecule has 2 aromatic heterocycles. The van der Waals surface area contributed by atoms with Crippen molar-refractivity contribution in [3.8, 4) is 5.75 Å². The van der Waals surface area contributed by atoms with Crippen LogP contribution in [-0.4, -0.2) is 17.1 Å². The van der Waals surface area contributed by atoms with Crippen LogP contribution >= 0.6 is 22.6 Å². The average Bonchev–Trinajstić information content (AvgIpc) is 2.44. The number of fused-ring (bicyclic) bond motifs is 1. The fourth-order valence-electron chi connectivity index (χ4n) is 1.14. The Morgan fingerprint density at radius 1 is 1.58 bits per heavy atom. The summed E-state index contributed by atoms with van der Waals surface area (Å²) in [6.45, 7) is 0. The molecule has 12 heavy (non-hydrogen) atoms. The van der Waals surface area contributed by atoms with Crippen LogP contribution in [0.5, 0.6) is 5.75 Å². The third kappa shape index (κ3) is 1.16. The molecule has 2 aromatic rings. The van der Waals surface area contributed by atoms with Crippen molar-refractivity contribution in [1.29, 1.82) is 0 Å². The second-order valence-corrected chi connectivity index (χ2v) is 3.55. The molecule has 0 radical (unpaired) electrons. The largest absolute Gasteiger partial charge is 0.494 e. The standard InChI is InChI=1S/C8H7IN2O/c1-12-6-2-3-10-5-4-7(9)11-8(5)6/h2-4,11H,1H3. The SMILES string of the molecule is COc1ccnc2cc(I)[nH]c12. The van der Waals surface area contributed by atoms with Crippen molar-refractivity contribution in [3.05, 3.63) is 22.0 Å². The monoisotopic (exact) mass is 274 g/mol. The maximum Gasteiger partial charge on any atom is 0.146 e. The van der Waals surface area contributed by atoms with Gasteiger partial charge in [-0.15, -0.1) is 0 Å². The summed E-state index contributed by atoms with van der Waals surface area (Å²) in [7, 11) is 1.66. The Hall–Kier alpha value is -0.780. The van der Waals surface area contributed by atoms with Crippen LogP contribution < -0.4 is 4.74 Å². The number of aromatic amines is 1. The quantitative estimate of drug-likeness (QED) is 0.809. The van der Waals surface area contributed by atoms with Gasteiger partial charge in [-0.05, 0) is 28.7 Å². The molecule has 0 saturated carbocycles. The summed E-state index contributed by atoms with van der Waals surface area (Å²) in [4.78, 5) is 7.37. The van der Waals surface area contributed by atoms with Crippen LogP contribution in [0.15, 0.2) is 18.3 Å². The van der Waals surface area contributed by atoms with E-state index in [2.05, 4.69) is 32.6 Å². The molecule has 2 rings (SSSR count). The highest BCUT2D eigenvalue weighted by molar-refractivity contribution is 14.1. The molecule has 0 aliphatic heterocycles. The second kappa shape index (κ2) is 2.93. The topological polar surface area (TPSA) is 37.9 Å². The first-order valence-corrected chi connectivity index (χ1v) is 4.56. The first-order valence-electron chi connectivity index (χ1n) is 3.48. The summed E-state index contributed by atoms with van der Waals surface area (Å²) in [5, 5.41) is 0. The van der Waals surface area contributed by atoms with E-state index in [4.69, 9.17) is 4.74 Å². The van der Waals surface area contributed by atoms with Crippen molar-refractivity contribution in [3.63, 3.8) is 0 Å². The predicted octanol–water partition coefficient (Wildman–Crippen LogP) is 2.18. The number of methoxy groups -OCH3 is 1. The molecule has 0 atom stereocenters. The lowest BCUT2D eigenvalue weighted by atomic mass is 10.3. The van der Waals surface area contributed by atoms with Gasteiger partial charge in [0, 0.05) is 12.3 Å². The molecule has 4 heteroatoms. The van der Waals surface area contributed by atoms with Gasteiger partial charge in [-0.3, -0.25) is 4.98 Å². The molecule has 62 valence electrons. The predicted molar refractivity (Wildman–Crippen MR) is 55.4 cm³/mol. The maximum atomic E-state index is 5.17. The molecule has 0 bridgehead atoms. The highest BCUT2D eigenvalue weighted by Gasteiger charge is 2.03. The van der Waals surface area contributed by atoms with Crippen molar-refractivity contribution in [2.45, 2.75) is 0 Å². The molecule has 0 spiro atoms. The number of H-pyrrole nitrogens is 1. The number of hydrogen-bond acceptors (Lipinski definition) is 2. The zero-order chi connectivity index (χ0) is 8.55. The minimum absolute atomic E-state index is 0.836. The Bertz CT molecular complexity index is 410. The first kappa shape index (κ1) is 7.85. The smallest absolute Gasteiger partial charge is 0.146 e. The van der Waals surface area contributed by atoms with Crippen LogP contribution in [0.2, 0.25) is 0 Å². The molecule has 0 fully saturated rings. The highest BCUT2D eigenvalue weighted by atomic mass is 127. The number of halogens is 1. The molecule has 1 N–H and O–H groups in total. The number of rotatable bonds is 1. The number of nitrogens with one attached hydrogen (secondary N) is 1. The van der Waals surface area contributed by atoms with Crippen LogP contribution in [0.4, 0.5) is 0 Å². The van der Waals surface area contributed by atoms with Crippen molar-refractivity contribution < 1.29 is 4.74 Å². The molecule has 0 amide bonds. The van der Waals surface area contributed by atoms with Crippen LogP contribution in [0.1, 0.15) is 0 Å². The number of ether oxygens (including phenoxy) is 1. The van der Waals surface area contributed by atoms with Crippen LogP contribution in [0.3, 0.4) is 0 Å². The van der Waals surface area contributed by atoms with Crippen molar-refractivity contribution in [2.24, 2.45) is 0 Å². The van der Waals surface area contributed by atoms with Gasteiger partial charge in [-0.1, -0.05) is 0 Å². The van der Waals surface area contributed by atoms with E-state index in [0.717, 1.165) is 20.5 Å². The molecular weight excluding hydrogens is 267 g/mol. The number of hydrogen-bond donors (Lipinski definition) is 1. The molecule has 0 saturated heterocycles. The highest BCUT2D eigenvalue weighted by Crippen LogP contribution is 2.23. The van der Waals surface area contributed by atoms with Gasteiger partial charge in [0.1, 0.15) is 11.3 Å². The van der Waals surface area contributed by atoms with E-state index in [0.29, 0.717) is 0 Å². The zero-order valence-electron chi connectivity index (χ0n) is 6.47. The van der Waals surface area contributed by atoms with Gasteiger partial charge in [-0.2, -0.15) is 0 Å². The zero-order valence-corrected chi connectivity index (χ0v) is 8.62. The summed E-state index contributed by atoms with van der Waals surface area (Å²) in [5.41, 5.74) is 1.91. The Balaban J connectivity index is 2.78. The summed E-state index contributed by atoms with van der Waals surface area (Å²) < 4.78 is 6.24. The number of nitrogens with zero attached hydrogens (tertiary/aromatic N) is 1. The van der Waals surface area contributed by atoms with E-state index < -0.39 is 0 Å². The van der Waals surface area contributed by atoms with E-state index in [9.17, 15) is 0 Å². The van der Waals surface area contributed by atoms with E-state index in [1.807, 2.05) is 12.1 Å². The van der Waals surface area contributed by atoms with E-state index in [-0.39, 0.29) is 0 Å². The Morgan fingerprint density at radius 3 is 3.17 bits per heavy atom. The molecule has 0 aromatic carbocycles. The average molecular weight is 274 g/mol. The van der Waals surface area contributed by atoms with E-state index >= 15 is 0 Å². The Labute approximate surface area is 83.3 Å². The van der Waals surface area contributed by atoms with Crippen LogP contribution in [-0.2, 0) is 0 Å². The van der Waals surface area contributed by atoms with Gasteiger partial charge in [0.05, 0.1) is 16.3 Å². The lowest BCUT2D eigenvalue weighted by Crippen LogP contribution is -1.84. The number of pyridine rings is 1. The molecule has 2 heterocycles. The first-order chi connectivity index (χ1) is 5.81. The third-order valence-corrected chi connectivity index (χ3v) is 2.25. The molecular formula is C8H7IN2O. The van der Waals surface area contributed by atoms with Crippen molar-refractivity contribution >= 4 is 33.6 Å². The lowest BCUT2D eigenvalue weighted by Gasteiger charge is -1.98. The fraction of sp³-hybridized carbons (Fsp3) is 0.125. The summed E-state index contributed by atoms with van der Waals surface area (Å²) in [6, 6.07) is 3.83. The van der Waals surface area contributed by atoms with E-state index in [1.165, 1.54) is 0 Å². The fourth-order valence-corrected chi connectivity index (χ4v) is 1.70. The Kier molecular flexibility index (Phi) is 1.92. The Morgan fingerprint density at radius 2 is 2.42 bits per heavy atom. The van der Waals surface area contributed by atoms with Gasteiger partial charge in [0.15, 0.2) is 0 Å². The van der Waals surface area contributed by atoms with Crippen molar-refractivity contribution in [1.82, 2.24) is 9.97 Å². The summed E-state index contributed by atoms with van der Waals surface area (Å²) in [6.07, 6.45) is 1.74. The number of aromatic nitrogens is 2. The van der Waals surface area contributed by atoms with Gasteiger partial charge in [0.2, 0.25) is 0 Å². The summed E-state index contributed by atoms with van der Waals surface area (Å²) in [5.74, 6) is 0.836. The molecule has 0 unspecified atom stereocenters. The summed E-state index contributed by atoms with van der Waals surface area (Å²) >= 11 is 2.21. The van der Waals surface area contributed by atoms with Crippen LogP contribution in [0, 0.1) is 3.70 Å². The van der Waals surface area contributed by atoms with Crippen LogP contribution in [0.25, 0.3) is 11.0 Å². The molecule has 3 nitrogen and oxygen atoms in total. The van der Waals surface area contributed by atoms with E-state index in [1.54, 1.807) is 13.3 Å². The third-order valence-electron chi connectivity index (χ3n) is 1.67. The molecule has 0 aliphatic carbocycles. The van der Waals surface area contributed by atoms with Gasteiger partial charge in [0.25, 0.3) is 0 Å². The molecule has 0 aliphatic rings. The second-order valence-electron chi connectivity index (χ2n) is 2.39.